The van der Waals surface area contributed by atoms with E-state index in [4.69, 9.17) is 10.5 Å². The van der Waals surface area contributed by atoms with Gasteiger partial charge in [0.05, 0.1) is 4.90 Å². The molecule has 1 heterocycles. The second kappa shape index (κ2) is 7.88. The largest absolute Gasteiger partial charge is 1.00 e. The third-order valence-corrected chi connectivity index (χ3v) is 4.20. The molecular weight excluding hydrogens is 309 g/mol. The van der Waals surface area contributed by atoms with Crippen LogP contribution in [0.15, 0.2) is 70.8 Å². The minimum absolute atomic E-state index is 0. The zero-order chi connectivity index (χ0) is 15.3. The molecule has 0 bridgehead atoms. The smallest absolute Gasteiger partial charge is 0.461 e. The first-order valence-corrected chi connectivity index (χ1v) is 7.45. The van der Waals surface area contributed by atoms with Crippen LogP contribution in [0.2, 0.25) is 0 Å². The first-order chi connectivity index (χ1) is 10.1. The maximum atomic E-state index is 12.2. The maximum Gasteiger partial charge on any atom is 1.00 e. The molecule has 0 radical (unpaired) electrons. The molecule has 5 nitrogen and oxygen atoms in total. The van der Waals surface area contributed by atoms with E-state index in [-0.39, 0.29) is 40.5 Å². The van der Waals surface area contributed by atoms with E-state index in [9.17, 15) is 8.42 Å². The Balaban J connectivity index is 0.00000242. The fourth-order valence-electron chi connectivity index (χ4n) is 1.66. The Morgan fingerprint density at radius 2 is 1.59 bits per heavy atom. The number of sulfone groups is 1. The molecule has 0 amide bonds. The molecule has 0 saturated carbocycles. The fourth-order valence-corrected chi connectivity index (χ4v) is 2.85. The van der Waals surface area contributed by atoms with Gasteiger partial charge in [0.15, 0.2) is 9.84 Å². The number of benzene rings is 1. The van der Waals surface area contributed by atoms with Gasteiger partial charge in [-0.1, -0.05) is 36.4 Å². The van der Waals surface area contributed by atoms with E-state index in [0.717, 1.165) is 5.41 Å². The summed E-state index contributed by atoms with van der Waals surface area (Å²) in [5.74, 6) is 0. The van der Waals surface area contributed by atoms with Crippen LogP contribution in [0, 0.1) is 28.7 Å². The molecule has 1 aromatic carbocycles. The van der Waals surface area contributed by atoms with Crippen LogP contribution in [0.3, 0.4) is 0 Å². The van der Waals surface area contributed by atoms with Gasteiger partial charge in [-0.05, 0) is 42.3 Å². The topological polar surface area (TPSA) is 85.0 Å². The number of hydrogen-bond donors (Lipinski definition) is 0. The average Bonchev–Trinajstić information content (AvgIpc) is 2.51. The van der Waals surface area contributed by atoms with Gasteiger partial charge in [0.1, 0.15) is 0 Å². The van der Waals surface area contributed by atoms with Crippen LogP contribution in [-0.2, 0) is 9.84 Å². The molecule has 2 rings (SSSR count). The van der Waals surface area contributed by atoms with Gasteiger partial charge in [0, 0.05) is 5.41 Å². The van der Waals surface area contributed by atoms with Crippen LogP contribution in [0.25, 0.3) is 0 Å². The van der Waals surface area contributed by atoms with Crippen molar-refractivity contribution in [3.63, 3.8) is 0 Å². The molecular formula is C15H10N3NaO2S. The number of rotatable bonds is 3. The summed E-state index contributed by atoms with van der Waals surface area (Å²) < 4.78 is 24.3. The Morgan fingerprint density at radius 1 is 1.05 bits per heavy atom. The summed E-state index contributed by atoms with van der Waals surface area (Å²) in [5.41, 5.74) is 0.463. The molecule has 1 aliphatic rings. The Labute approximate surface area is 151 Å². The SMILES string of the molecule is N#C[C-](C#N)N1C=CC(=CS(=O)(=O)c2ccccc2)C=C1.[Na+]. The quantitative estimate of drug-likeness (QED) is 0.542. The molecule has 0 unspecified atom stereocenters. The molecule has 0 aromatic heterocycles. The fraction of sp³-hybridized carbons (Fsp3) is 0. The summed E-state index contributed by atoms with van der Waals surface area (Å²) in [7, 11) is -3.53. The van der Waals surface area contributed by atoms with Crippen molar-refractivity contribution in [1.82, 2.24) is 4.90 Å². The molecule has 7 heteroatoms. The van der Waals surface area contributed by atoms with Crippen molar-refractivity contribution < 1.29 is 38.0 Å². The Kier molecular flexibility index (Phi) is 6.48. The van der Waals surface area contributed by atoms with Crippen molar-refractivity contribution in [1.29, 1.82) is 10.5 Å². The third kappa shape index (κ3) is 4.27. The first kappa shape index (κ1) is 18.1. The molecule has 0 atom stereocenters. The average molecular weight is 319 g/mol. The minimum atomic E-state index is -3.53. The molecule has 0 aliphatic carbocycles. The van der Waals surface area contributed by atoms with Gasteiger partial charge in [0.2, 0.25) is 0 Å². The number of allylic oxidation sites excluding steroid dienone is 3. The predicted molar refractivity (Wildman–Crippen MR) is 76.3 cm³/mol. The van der Waals surface area contributed by atoms with E-state index < -0.39 is 9.84 Å². The van der Waals surface area contributed by atoms with Crippen LogP contribution >= 0.6 is 0 Å². The number of hydrogen-bond acceptors (Lipinski definition) is 5. The molecule has 0 N–H and O–H groups in total. The summed E-state index contributed by atoms with van der Waals surface area (Å²) in [5, 5.41) is 18.6. The Morgan fingerprint density at radius 3 is 2.09 bits per heavy atom. The van der Waals surface area contributed by atoms with Crippen LogP contribution in [0.4, 0.5) is 0 Å². The van der Waals surface area contributed by atoms with Crippen molar-refractivity contribution in [3.8, 4) is 12.1 Å². The van der Waals surface area contributed by atoms with Crippen LogP contribution in [-0.4, -0.2) is 13.3 Å². The second-order valence-corrected chi connectivity index (χ2v) is 5.88. The normalized spacial score (nSPS) is 12.8. The van der Waals surface area contributed by atoms with Gasteiger partial charge in [-0.25, -0.2) is 18.9 Å². The number of nitrogens with zero attached hydrogens (tertiary/aromatic N) is 3. The van der Waals surface area contributed by atoms with Crippen molar-refractivity contribution in [2.24, 2.45) is 0 Å². The predicted octanol–water partition coefficient (Wildman–Crippen LogP) is -0.730. The van der Waals surface area contributed by atoms with E-state index in [2.05, 4.69) is 0 Å². The van der Waals surface area contributed by atoms with Gasteiger partial charge >= 0.3 is 29.6 Å². The van der Waals surface area contributed by atoms with Gasteiger partial charge in [0.25, 0.3) is 0 Å². The van der Waals surface area contributed by atoms with E-state index >= 15 is 0 Å². The molecule has 22 heavy (non-hydrogen) atoms. The standard InChI is InChI=1S/C15H10N3O2S.Na/c16-10-14(11-17)18-8-6-13(7-9-18)12-21(19,20)15-4-2-1-3-5-15;/h1-9,12H;/q-1;+1. The molecule has 1 aliphatic heterocycles. The molecule has 1 aromatic rings. The summed E-state index contributed by atoms with van der Waals surface area (Å²) in [6.07, 6.45) is 5.98. The van der Waals surface area contributed by atoms with Crippen molar-refractivity contribution >= 4 is 9.84 Å². The minimum Gasteiger partial charge on any atom is -0.461 e. The van der Waals surface area contributed by atoms with Crippen LogP contribution in [0.5, 0.6) is 0 Å². The van der Waals surface area contributed by atoms with Gasteiger partial charge in [-0.15, -0.1) is 0 Å². The van der Waals surface area contributed by atoms with Crippen molar-refractivity contribution in [3.05, 3.63) is 71.9 Å². The van der Waals surface area contributed by atoms with Gasteiger partial charge in [-0.3, -0.25) is 0 Å². The third-order valence-electron chi connectivity index (χ3n) is 2.69. The van der Waals surface area contributed by atoms with E-state index in [1.54, 1.807) is 30.3 Å². The molecule has 0 fully saturated rings. The summed E-state index contributed by atoms with van der Waals surface area (Å²) in [6.45, 7) is 0. The van der Waals surface area contributed by atoms with Crippen LogP contribution < -0.4 is 29.6 Å². The maximum absolute atomic E-state index is 12.2. The summed E-state index contributed by atoms with van der Waals surface area (Å²) in [6, 6.07) is 11.5. The van der Waals surface area contributed by atoms with E-state index in [0.29, 0.717) is 5.57 Å². The molecule has 0 spiro atoms. The monoisotopic (exact) mass is 319 g/mol. The summed E-state index contributed by atoms with van der Waals surface area (Å²) >= 11 is 0. The summed E-state index contributed by atoms with van der Waals surface area (Å²) in [4.78, 5) is 1.54. The van der Waals surface area contributed by atoms with Crippen molar-refractivity contribution in [2.75, 3.05) is 0 Å². The van der Waals surface area contributed by atoms with E-state index in [1.165, 1.54) is 41.6 Å². The first-order valence-electron chi connectivity index (χ1n) is 5.90. The second-order valence-electron chi connectivity index (χ2n) is 4.09. The Hall–Kier alpha value is -1.96. The number of nitriles is 2. The Bertz CT molecular complexity index is 769. The molecule has 104 valence electrons. The van der Waals surface area contributed by atoms with E-state index in [1.807, 2.05) is 0 Å². The van der Waals surface area contributed by atoms with Crippen LogP contribution in [0.1, 0.15) is 0 Å². The zero-order valence-electron chi connectivity index (χ0n) is 11.8. The van der Waals surface area contributed by atoms with Gasteiger partial charge < -0.3 is 4.90 Å². The van der Waals surface area contributed by atoms with Crippen molar-refractivity contribution in [2.45, 2.75) is 4.90 Å². The molecule has 0 saturated heterocycles. The zero-order valence-corrected chi connectivity index (χ0v) is 14.7. The van der Waals surface area contributed by atoms with Gasteiger partial charge in [-0.2, -0.15) is 0 Å².